The fourth-order valence-corrected chi connectivity index (χ4v) is 4.64. The molecule has 2 aliphatic heterocycles. The minimum Gasteiger partial charge on any atom is -0.396 e. The molecule has 20 heavy (non-hydrogen) atoms. The van der Waals surface area contributed by atoms with Gasteiger partial charge in [-0.3, -0.25) is 9.98 Å². The summed E-state index contributed by atoms with van der Waals surface area (Å²) in [6.07, 6.45) is 1.78. The van der Waals surface area contributed by atoms with Gasteiger partial charge in [-0.2, -0.15) is 0 Å². The summed E-state index contributed by atoms with van der Waals surface area (Å²) in [6.45, 7) is 0.220. The zero-order valence-electron chi connectivity index (χ0n) is 11.2. The number of nitrogens with zero attached hydrogens (tertiary/aromatic N) is 2. The number of hydrogen-bond donors (Lipinski definition) is 1. The van der Waals surface area contributed by atoms with Gasteiger partial charge in [-0.05, 0) is 18.4 Å². The Kier molecular flexibility index (Phi) is 4.81. The highest BCUT2D eigenvalue weighted by atomic mass is 32.2. The van der Waals surface area contributed by atoms with Crippen molar-refractivity contribution in [1.82, 2.24) is 0 Å². The summed E-state index contributed by atoms with van der Waals surface area (Å²) < 4.78 is 0. The Balaban J connectivity index is 1.62. The minimum atomic E-state index is 0.220. The minimum absolute atomic E-state index is 0.220. The van der Waals surface area contributed by atoms with Crippen molar-refractivity contribution >= 4 is 33.6 Å². The molecule has 1 aromatic rings. The van der Waals surface area contributed by atoms with E-state index in [9.17, 15) is 0 Å². The Labute approximate surface area is 128 Å². The van der Waals surface area contributed by atoms with Gasteiger partial charge in [0, 0.05) is 18.1 Å². The lowest BCUT2D eigenvalue weighted by atomic mass is 10.1. The van der Waals surface area contributed by atoms with Crippen LogP contribution in [-0.4, -0.2) is 45.4 Å². The van der Waals surface area contributed by atoms with Crippen LogP contribution in [-0.2, 0) is 6.42 Å². The van der Waals surface area contributed by atoms with Crippen molar-refractivity contribution in [3.05, 3.63) is 35.9 Å². The summed E-state index contributed by atoms with van der Waals surface area (Å²) in [7, 11) is 0. The average molecular weight is 306 g/mol. The van der Waals surface area contributed by atoms with E-state index in [1.807, 2.05) is 17.8 Å². The zero-order chi connectivity index (χ0) is 13.8. The molecule has 2 aliphatic rings. The van der Waals surface area contributed by atoms with Crippen molar-refractivity contribution in [2.45, 2.75) is 24.9 Å². The molecule has 1 N–H and O–H groups in total. The van der Waals surface area contributed by atoms with Gasteiger partial charge < -0.3 is 5.11 Å². The standard InChI is InChI=1S/C15H18N2OS2/c18-7-6-12-9-19-14(16-12)15-17-13(10-20-15)8-11-4-2-1-3-5-11/h1-5,12-13,18H,6-10H2. The Bertz CT molecular complexity index is 516. The van der Waals surface area contributed by atoms with Gasteiger partial charge >= 0.3 is 0 Å². The largest absolute Gasteiger partial charge is 0.396 e. The van der Waals surface area contributed by atoms with Crippen molar-refractivity contribution < 1.29 is 5.11 Å². The van der Waals surface area contributed by atoms with E-state index in [2.05, 4.69) is 29.3 Å². The van der Waals surface area contributed by atoms with E-state index in [-0.39, 0.29) is 12.6 Å². The third-order valence-electron chi connectivity index (χ3n) is 3.38. The molecule has 3 rings (SSSR count). The van der Waals surface area contributed by atoms with Gasteiger partial charge in [0.05, 0.1) is 12.1 Å². The summed E-state index contributed by atoms with van der Waals surface area (Å²) in [5.74, 6) is 2.04. The molecular weight excluding hydrogens is 288 g/mol. The molecular formula is C15H18N2OS2. The number of thioether (sulfide) groups is 2. The number of benzene rings is 1. The van der Waals surface area contributed by atoms with Gasteiger partial charge in [0.2, 0.25) is 0 Å². The van der Waals surface area contributed by atoms with Crippen molar-refractivity contribution in [3.63, 3.8) is 0 Å². The molecule has 2 unspecified atom stereocenters. The summed E-state index contributed by atoms with van der Waals surface area (Å²) in [4.78, 5) is 9.49. The monoisotopic (exact) mass is 306 g/mol. The van der Waals surface area contributed by atoms with Crippen molar-refractivity contribution in [1.29, 1.82) is 0 Å². The van der Waals surface area contributed by atoms with Gasteiger partial charge in [0.25, 0.3) is 0 Å². The predicted molar refractivity (Wildman–Crippen MR) is 89.2 cm³/mol. The third-order valence-corrected chi connectivity index (χ3v) is 5.76. The SMILES string of the molecule is OCCC1CSC(C2=NC(Cc3ccccc3)CS2)=N1. The first-order valence-electron chi connectivity index (χ1n) is 6.91. The van der Waals surface area contributed by atoms with E-state index >= 15 is 0 Å². The fraction of sp³-hybridized carbons (Fsp3) is 0.467. The van der Waals surface area contributed by atoms with Gasteiger partial charge in [0.1, 0.15) is 10.1 Å². The van der Waals surface area contributed by atoms with Crippen LogP contribution >= 0.6 is 23.5 Å². The molecule has 0 amide bonds. The highest BCUT2D eigenvalue weighted by Crippen LogP contribution is 2.29. The van der Waals surface area contributed by atoms with E-state index < -0.39 is 0 Å². The Morgan fingerprint density at radius 2 is 1.65 bits per heavy atom. The predicted octanol–water partition coefficient (Wildman–Crippen LogP) is 2.64. The molecule has 0 aromatic heterocycles. The smallest absolute Gasteiger partial charge is 0.123 e. The van der Waals surface area contributed by atoms with E-state index in [1.165, 1.54) is 5.56 Å². The van der Waals surface area contributed by atoms with Crippen LogP contribution in [0.5, 0.6) is 0 Å². The normalized spacial score (nSPS) is 25.6. The summed E-state index contributed by atoms with van der Waals surface area (Å²) in [5, 5.41) is 11.2. The number of aliphatic hydroxyl groups is 1. The molecule has 2 heterocycles. The van der Waals surface area contributed by atoms with Crippen LogP contribution in [0.4, 0.5) is 0 Å². The van der Waals surface area contributed by atoms with Crippen LogP contribution in [0.2, 0.25) is 0 Å². The lowest BCUT2D eigenvalue weighted by Gasteiger charge is -2.04. The maximum Gasteiger partial charge on any atom is 0.123 e. The average Bonchev–Trinajstić information content (AvgIpc) is 3.10. The van der Waals surface area contributed by atoms with Crippen LogP contribution in [0.25, 0.3) is 0 Å². The topological polar surface area (TPSA) is 45.0 Å². The molecule has 3 nitrogen and oxygen atoms in total. The summed E-state index contributed by atoms with van der Waals surface area (Å²) in [6, 6.07) is 11.2. The van der Waals surface area contributed by atoms with Crippen LogP contribution < -0.4 is 0 Å². The van der Waals surface area contributed by atoms with Crippen molar-refractivity contribution in [2.24, 2.45) is 9.98 Å². The third kappa shape index (κ3) is 3.45. The molecule has 0 radical (unpaired) electrons. The molecule has 5 heteroatoms. The van der Waals surface area contributed by atoms with Crippen molar-refractivity contribution in [2.75, 3.05) is 18.1 Å². The summed E-state index contributed by atoms with van der Waals surface area (Å²) >= 11 is 3.61. The van der Waals surface area contributed by atoms with Crippen molar-refractivity contribution in [3.8, 4) is 0 Å². The molecule has 0 bridgehead atoms. The zero-order valence-corrected chi connectivity index (χ0v) is 12.9. The lowest BCUT2D eigenvalue weighted by molar-refractivity contribution is 0.280. The lowest BCUT2D eigenvalue weighted by Crippen LogP contribution is -2.08. The fourth-order valence-electron chi connectivity index (χ4n) is 2.35. The second-order valence-corrected chi connectivity index (χ2v) is 7.02. The van der Waals surface area contributed by atoms with E-state index in [0.717, 1.165) is 34.4 Å². The second-order valence-electron chi connectivity index (χ2n) is 5.00. The Morgan fingerprint density at radius 1 is 1.00 bits per heavy atom. The van der Waals surface area contributed by atoms with Gasteiger partial charge in [0.15, 0.2) is 0 Å². The summed E-state index contributed by atoms with van der Waals surface area (Å²) in [5.41, 5.74) is 1.35. The quantitative estimate of drug-likeness (QED) is 0.909. The van der Waals surface area contributed by atoms with E-state index in [0.29, 0.717) is 6.04 Å². The number of aliphatic hydroxyl groups excluding tert-OH is 1. The Hall–Kier alpha value is -0.780. The number of aliphatic imine (C=N–C) groups is 2. The van der Waals surface area contributed by atoms with Crippen LogP contribution in [0.15, 0.2) is 40.3 Å². The molecule has 0 fully saturated rings. The Morgan fingerprint density at radius 3 is 2.35 bits per heavy atom. The van der Waals surface area contributed by atoms with Crippen LogP contribution in [0.3, 0.4) is 0 Å². The molecule has 0 spiro atoms. The maximum atomic E-state index is 8.97. The van der Waals surface area contributed by atoms with Crippen LogP contribution in [0, 0.1) is 0 Å². The van der Waals surface area contributed by atoms with E-state index in [1.54, 1.807) is 11.8 Å². The first-order chi connectivity index (χ1) is 9.85. The van der Waals surface area contributed by atoms with Gasteiger partial charge in [-0.25, -0.2) is 0 Å². The van der Waals surface area contributed by atoms with Gasteiger partial charge in [-0.15, -0.1) is 23.5 Å². The second kappa shape index (κ2) is 6.78. The molecule has 2 atom stereocenters. The van der Waals surface area contributed by atoms with Crippen LogP contribution in [0.1, 0.15) is 12.0 Å². The first-order valence-corrected chi connectivity index (χ1v) is 8.88. The molecule has 1 aromatic carbocycles. The number of rotatable bonds is 5. The van der Waals surface area contributed by atoms with E-state index in [4.69, 9.17) is 10.1 Å². The first kappa shape index (κ1) is 14.2. The molecule has 0 saturated carbocycles. The number of hydrogen-bond acceptors (Lipinski definition) is 5. The molecule has 0 aliphatic carbocycles. The highest BCUT2D eigenvalue weighted by Gasteiger charge is 2.27. The molecule has 0 saturated heterocycles. The van der Waals surface area contributed by atoms with Gasteiger partial charge in [-0.1, -0.05) is 30.3 Å². The maximum absolute atomic E-state index is 8.97. The highest BCUT2D eigenvalue weighted by molar-refractivity contribution is 8.25. The molecule has 106 valence electrons.